The van der Waals surface area contributed by atoms with E-state index in [4.69, 9.17) is 0 Å². The van der Waals surface area contributed by atoms with Gasteiger partial charge in [-0.2, -0.15) is 0 Å². The summed E-state index contributed by atoms with van der Waals surface area (Å²) in [6.07, 6.45) is 1.96. The number of anilines is 1. The summed E-state index contributed by atoms with van der Waals surface area (Å²) < 4.78 is 0. The van der Waals surface area contributed by atoms with Crippen molar-refractivity contribution in [3.8, 4) is 0 Å². The molecule has 0 aliphatic carbocycles. The van der Waals surface area contributed by atoms with Gasteiger partial charge in [-0.05, 0) is 44.0 Å². The Morgan fingerprint density at radius 1 is 0.952 bits per heavy atom. The number of hydrogen-bond donors (Lipinski definition) is 0. The Hall–Kier alpha value is -2.09. The zero-order valence-corrected chi connectivity index (χ0v) is 13.2. The van der Waals surface area contributed by atoms with Gasteiger partial charge >= 0.3 is 0 Å². The normalized spacial score (nSPS) is 12.5. The van der Waals surface area contributed by atoms with E-state index in [-0.39, 0.29) is 6.04 Å². The second kappa shape index (κ2) is 7.63. The van der Waals surface area contributed by atoms with Crippen molar-refractivity contribution in [1.29, 1.82) is 0 Å². The standard InChI is InChI=1S/C19H24N2/c1-4-21(5-2)19-13-11-17(12-14-19)15-20-16(3)18-9-7-6-8-10-18/h6-16H,4-5H2,1-3H3/t16-/m1/s1. The minimum atomic E-state index is 0.189. The Kier molecular flexibility index (Phi) is 5.56. The van der Waals surface area contributed by atoms with Crippen LogP contribution in [0.25, 0.3) is 0 Å². The molecule has 0 aliphatic rings. The van der Waals surface area contributed by atoms with Gasteiger partial charge in [0.25, 0.3) is 0 Å². The third kappa shape index (κ3) is 4.19. The fraction of sp³-hybridized carbons (Fsp3) is 0.316. The van der Waals surface area contributed by atoms with E-state index >= 15 is 0 Å². The van der Waals surface area contributed by atoms with E-state index < -0.39 is 0 Å². The summed E-state index contributed by atoms with van der Waals surface area (Å²) in [5, 5.41) is 0. The van der Waals surface area contributed by atoms with Crippen molar-refractivity contribution in [3.05, 3.63) is 65.7 Å². The summed E-state index contributed by atoms with van der Waals surface area (Å²) in [4.78, 5) is 6.98. The maximum Gasteiger partial charge on any atom is 0.0721 e. The van der Waals surface area contributed by atoms with Crippen molar-refractivity contribution in [3.63, 3.8) is 0 Å². The zero-order valence-electron chi connectivity index (χ0n) is 13.2. The third-order valence-corrected chi connectivity index (χ3v) is 3.75. The van der Waals surface area contributed by atoms with E-state index in [1.807, 2.05) is 12.3 Å². The molecule has 0 aromatic heterocycles. The molecule has 0 heterocycles. The van der Waals surface area contributed by atoms with Crippen molar-refractivity contribution in [2.24, 2.45) is 4.99 Å². The first-order valence-electron chi connectivity index (χ1n) is 7.67. The average molecular weight is 280 g/mol. The molecular formula is C19H24N2. The van der Waals surface area contributed by atoms with E-state index in [1.54, 1.807) is 0 Å². The van der Waals surface area contributed by atoms with Gasteiger partial charge in [0.1, 0.15) is 0 Å². The lowest BCUT2D eigenvalue weighted by Gasteiger charge is -2.20. The third-order valence-electron chi connectivity index (χ3n) is 3.75. The van der Waals surface area contributed by atoms with E-state index in [0.717, 1.165) is 18.7 Å². The average Bonchev–Trinajstić information content (AvgIpc) is 2.55. The van der Waals surface area contributed by atoms with Crippen LogP contribution in [0.4, 0.5) is 5.69 Å². The molecule has 0 radical (unpaired) electrons. The van der Waals surface area contributed by atoms with Crippen LogP contribution in [0.1, 0.15) is 37.9 Å². The predicted molar refractivity (Wildman–Crippen MR) is 92.5 cm³/mol. The Morgan fingerprint density at radius 3 is 2.14 bits per heavy atom. The van der Waals surface area contributed by atoms with Crippen molar-refractivity contribution < 1.29 is 0 Å². The van der Waals surface area contributed by atoms with Crippen molar-refractivity contribution >= 4 is 11.9 Å². The minimum absolute atomic E-state index is 0.189. The lowest BCUT2D eigenvalue weighted by atomic mass is 10.1. The number of nitrogens with zero attached hydrogens (tertiary/aromatic N) is 2. The molecule has 2 aromatic rings. The highest BCUT2D eigenvalue weighted by Gasteiger charge is 2.02. The van der Waals surface area contributed by atoms with Crippen LogP contribution < -0.4 is 4.90 Å². The second-order valence-electron chi connectivity index (χ2n) is 5.13. The molecule has 110 valence electrons. The van der Waals surface area contributed by atoms with Crippen LogP contribution in [0.5, 0.6) is 0 Å². The minimum Gasteiger partial charge on any atom is -0.372 e. The molecular weight excluding hydrogens is 256 g/mol. The summed E-state index contributed by atoms with van der Waals surface area (Å²) in [6, 6.07) is 19.2. The van der Waals surface area contributed by atoms with Gasteiger partial charge in [-0.1, -0.05) is 42.5 Å². The zero-order chi connectivity index (χ0) is 15.1. The van der Waals surface area contributed by atoms with Crippen LogP contribution in [-0.2, 0) is 0 Å². The molecule has 21 heavy (non-hydrogen) atoms. The van der Waals surface area contributed by atoms with Gasteiger partial charge in [-0.3, -0.25) is 4.99 Å². The summed E-state index contributed by atoms with van der Waals surface area (Å²) in [5.74, 6) is 0. The fourth-order valence-corrected chi connectivity index (χ4v) is 2.38. The quantitative estimate of drug-likeness (QED) is 0.699. The Balaban J connectivity index is 2.04. The highest BCUT2D eigenvalue weighted by Crippen LogP contribution is 2.17. The summed E-state index contributed by atoms with van der Waals surface area (Å²) in [5.41, 5.74) is 3.66. The molecule has 0 fully saturated rings. The van der Waals surface area contributed by atoms with Crippen molar-refractivity contribution in [2.45, 2.75) is 26.8 Å². The van der Waals surface area contributed by atoms with Gasteiger partial charge in [-0.25, -0.2) is 0 Å². The molecule has 0 N–H and O–H groups in total. The lowest BCUT2D eigenvalue weighted by molar-refractivity contribution is 0.825. The molecule has 2 heteroatoms. The molecule has 0 spiro atoms. The van der Waals surface area contributed by atoms with Crippen LogP contribution in [0.2, 0.25) is 0 Å². The van der Waals surface area contributed by atoms with Gasteiger partial charge in [0, 0.05) is 25.0 Å². The number of aliphatic imine (C=N–C) groups is 1. The maximum absolute atomic E-state index is 4.64. The monoisotopic (exact) mass is 280 g/mol. The van der Waals surface area contributed by atoms with Gasteiger partial charge in [0.2, 0.25) is 0 Å². The van der Waals surface area contributed by atoms with E-state index in [1.165, 1.54) is 11.3 Å². The predicted octanol–water partition coefficient (Wildman–Crippen LogP) is 4.71. The molecule has 2 nitrogen and oxygen atoms in total. The van der Waals surface area contributed by atoms with Crippen molar-refractivity contribution in [1.82, 2.24) is 0 Å². The fourth-order valence-electron chi connectivity index (χ4n) is 2.38. The lowest BCUT2D eigenvalue weighted by Crippen LogP contribution is -2.21. The highest BCUT2D eigenvalue weighted by molar-refractivity contribution is 5.80. The summed E-state index contributed by atoms with van der Waals surface area (Å²) in [7, 11) is 0. The Bertz CT molecular complexity index is 554. The first-order chi connectivity index (χ1) is 10.2. The molecule has 1 atom stereocenters. The van der Waals surface area contributed by atoms with Crippen molar-refractivity contribution in [2.75, 3.05) is 18.0 Å². The van der Waals surface area contributed by atoms with E-state index in [0.29, 0.717) is 0 Å². The van der Waals surface area contributed by atoms with Gasteiger partial charge < -0.3 is 4.90 Å². The molecule has 0 aliphatic heterocycles. The van der Waals surface area contributed by atoms with Crippen LogP contribution in [0.3, 0.4) is 0 Å². The molecule has 2 rings (SSSR count). The van der Waals surface area contributed by atoms with Gasteiger partial charge in [0.05, 0.1) is 6.04 Å². The molecule has 0 unspecified atom stereocenters. The Labute approximate surface area is 128 Å². The highest BCUT2D eigenvalue weighted by atomic mass is 15.1. The summed E-state index contributed by atoms with van der Waals surface area (Å²) >= 11 is 0. The number of benzene rings is 2. The van der Waals surface area contributed by atoms with Crippen LogP contribution in [0, 0.1) is 0 Å². The van der Waals surface area contributed by atoms with Crippen LogP contribution in [0.15, 0.2) is 59.6 Å². The molecule has 0 amide bonds. The topological polar surface area (TPSA) is 15.6 Å². The first-order valence-corrected chi connectivity index (χ1v) is 7.67. The maximum atomic E-state index is 4.64. The smallest absolute Gasteiger partial charge is 0.0721 e. The number of hydrogen-bond acceptors (Lipinski definition) is 2. The second-order valence-corrected chi connectivity index (χ2v) is 5.13. The van der Waals surface area contributed by atoms with E-state index in [9.17, 15) is 0 Å². The van der Waals surface area contributed by atoms with Gasteiger partial charge in [-0.15, -0.1) is 0 Å². The Morgan fingerprint density at radius 2 is 1.57 bits per heavy atom. The molecule has 0 saturated carbocycles. The molecule has 0 saturated heterocycles. The first kappa shape index (κ1) is 15.3. The van der Waals surface area contributed by atoms with Gasteiger partial charge in [0.15, 0.2) is 0 Å². The van der Waals surface area contributed by atoms with Crippen LogP contribution in [-0.4, -0.2) is 19.3 Å². The SMILES string of the molecule is CCN(CC)c1ccc(C=N[C@H](C)c2ccccc2)cc1. The van der Waals surface area contributed by atoms with Crippen LogP contribution >= 0.6 is 0 Å². The van der Waals surface area contributed by atoms with E-state index in [2.05, 4.69) is 79.2 Å². The molecule has 2 aromatic carbocycles. The largest absolute Gasteiger partial charge is 0.372 e. The number of rotatable bonds is 6. The molecule has 0 bridgehead atoms. The summed E-state index contributed by atoms with van der Waals surface area (Å²) in [6.45, 7) is 8.56.